The Morgan fingerprint density at radius 1 is 1.14 bits per heavy atom. The van der Waals surface area contributed by atoms with Gasteiger partial charge in [-0.2, -0.15) is 0 Å². The molecule has 1 aliphatic heterocycles. The highest BCUT2D eigenvalue weighted by Crippen LogP contribution is 2.47. The molecule has 1 aromatic carbocycles. The predicted octanol–water partition coefficient (Wildman–Crippen LogP) is 4.15. The molecule has 5 nitrogen and oxygen atoms in total. The molecule has 1 N–H and O–H groups in total. The topological polar surface area (TPSA) is 64.6 Å². The molecule has 1 aliphatic carbocycles. The number of allylic oxidation sites excluding steroid dienone is 3. The van der Waals surface area contributed by atoms with Gasteiger partial charge in [0.1, 0.15) is 11.5 Å². The first-order valence-electron chi connectivity index (χ1n) is 9.52. The van der Waals surface area contributed by atoms with Gasteiger partial charge in [-0.3, -0.25) is 4.79 Å². The zero-order valence-electron chi connectivity index (χ0n) is 16.6. The van der Waals surface area contributed by atoms with E-state index >= 15 is 0 Å². The zero-order valence-corrected chi connectivity index (χ0v) is 17.4. The van der Waals surface area contributed by atoms with E-state index in [1.807, 2.05) is 48.7 Å². The predicted molar refractivity (Wildman–Crippen MR) is 112 cm³/mol. The molecular weight excluding hydrogens is 386 g/mol. The smallest absolute Gasteiger partial charge is 0.336 e. The van der Waals surface area contributed by atoms with Crippen molar-refractivity contribution in [3.8, 4) is 5.75 Å². The number of methoxy groups -OCH3 is 2. The number of hydrogen-bond acceptors (Lipinski definition) is 6. The third-order valence-electron chi connectivity index (χ3n) is 5.66. The van der Waals surface area contributed by atoms with Crippen LogP contribution in [0.1, 0.15) is 35.6 Å². The third kappa shape index (κ3) is 3.38. The SMILES string of the molecule is COC(=O)C1=C(C)NC2=CC(c3ccccc3OC)CC(=O)C2C1c1cccs1. The minimum Gasteiger partial charge on any atom is -0.496 e. The molecule has 0 amide bonds. The van der Waals surface area contributed by atoms with Crippen LogP contribution in [0.25, 0.3) is 0 Å². The quantitative estimate of drug-likeness (QED) is 0.769. The highest BCUT2D eigenvalue weighted by molar-refractivity contribution is 7.10. The Morgan fingerprint density at radius 2 is 1.93 bits per heavy atom. The van der Waals surface area contributed by atoms with E-state index < -0.39 is 11.9 Å². The van der Waals surface area contributed by atoms with Crippen molar-refractivity contribution in [1.29, 1.82) is 0 Å². The number of benzene rings is 1. The first-order valence-corrected chi connectivity index (χ1v) is 10.4. The number of ketones is 1. The van der Waals surface area contributed by atoms with Crippen molar-refractivity contribution >= 4 is 23.1 Å². The highest BCUT2D eigenvalue weighted by atomic mass is 32.1. The van der Waals surface area contributed by atoms with E-state index in [9.17, 15) is 9.59 Å². The molecule has 150 valence electrons. The summed E-state index contributed by atoms with van der Waals surface area (Å²) in [4.78, 5) is 27.0. The van der Waals surface area contributed by atoms with Gasteiger partial charge in [0.05, 0.1) is 25.7 Å². The second kappa shape index (κ2) is 7.87. The molecule has 6 heteroatoms. The fourth-order valence-electron chi connectivity index (χ4n) is 4.40. The van der Waals surface area contributed by atoms with Crippen LogP contribution in [0, 0.1) is 5.92 Å². The minimum absolute atomic E-state index is 0.0751. The molecule has 1 aromatic heterocycles. The van der Waals surface area contributed by atoms with Gasteiger partial charge in [0.15, 0.2) is 0 Å². The lowest BCUT2D eigenvalue weighted by Crippen LogP contribution is -2.41. The van der Waals surface area contributed by atoms with Crippen LogP contribution in [0.5, 0.6) is 5.75 Å². The van der Waals surface area contributed by atoms with Gasteiger partial charge >= 0.3 is 5.97 Å². The van der Waals surface area contributed by atoms with Crippen molar-refractivity contribution < 1.29 is 19.1 Å². The van der Waals surface area contributed by atoms with Crippen LogP contribution in [-0.4, -0.2) is 26.0 Å². The number of thiophene rings is 1. The number of Topliss-reactive ketones (excluding diaryl/α,β-unsaturated/α-hetero) is 1. The number of carbonyl (C=O) groups is 2. The van der Waals surface area contributed by atoms with E-state index in [1.54, 1.807) is 18.4 Å². The molecule has 2 aromatic rings. The van der Waals surface area contributed by atoms with Gasteiger partial charge in [0.2, 0.25) is 0 Å². The number of ether oxygens (including phenoxy) is 2. The van der Waals surface area contributed by atoms with Gasteiger partial charge in [0.25, 0.3) is 0 Å². The molecule has 0 spiro atoms. The highest BCUT2D eigenvalue weighted by Gasteiger charge is 2.45. The fraction of sp³-hybridized carbons (Fsp3) is 0.304. The summed E-state index contributed by atoms with van der Waals surface area (Å²) in [5.74, 6) is -0.341. The van der Waals surface area contributed by atoms with E-state index in [1.165, 1.54) is 7.11 Å². The van der Waals surface area contributed by atoms with Gasteiger partial charge in [-0.15, -0.1) is 11.3 Å². The van der Waals surface area contributed by atoms with E-state index in [4.69, 9.17) is 9.47 Å². The number of para-hydroxylation sites is 1. The van der Waals surface area contributed by atoms with Crippen molar-refractivity contribution in [2.75, 3.05) is 14.2 Å². The van der Waals surface area contributed by atoms with E-state index in [2.05, 4.69) is 11.4 Å². The number of hydrogen-bond donors (Lipinski definition) is 1. The van der Waals surface area contributed by atoms with E-state index in [-0.39, 0.29) is 17.6 Å². The van der Waals surface area contributed by atoms with Crippen molar-refractivity contribution in [2.45, 2.75) is 25.2 Å². The Hall–Kier alpha value is -2.86. The number of esters is 1. The molecule has 3 atom stereocenters. The summed E-state index contributed by atoms with van der Waals surface area (Å²) in [6, 6.07) is 11.7. The Balaban J connectivity index is 1.82. The van der Waals surface area contributed by atoms with Gasteiger partial charge in [-0.25, -0.2) is 4.79 Å². The van der Waals surface area contributed by atoms with Crippen LogP contribution in [0.15, 0.2) is 64.8 Å². The number of nitrogens with one attached hydrogen (secondary N) is 1. The molecule has 0 fully saturated rings. The maximum absolute atomic E-state index is 13.4. The Bertz CT molecular complexity index is 1010. The Kier molecular flexibility index (Phi) is 5.28. The molecule has 4 rings (SSSR count). The number of rotatable bonds is 4. The first-order chi connectivity index (χ1) is 14.0. The summed E-state index contributed by atoms with van der Waals surface area (Å²) >= 11 is 1.55. The summed E-state index contributed by atoms with van der Waals surface area (Å²) in [6.45, 7) is 1.86. The molecule has 0 saturated carbocycles. The monoisotopic (exact) mass is 409 g/mol. The summed E-state index contributed by atoms with van der Waals surface area (Å²) in [5.41, 5.74) is 3.09. The summed E-state index contributed by atoms with van der Waals surface area (Å²) in [5, 5.41) is 5.29. The van der Waals surface area contributed by atoms with Gasteiger partial charge in [-0.1, -0.05) is 30.3 Å². The maximum atomic E-state index is 13.4. The normalized spacial score (nSPS) is 23.8. The second-order valence-electron chi connectivity index (χ2n) is 7.27. The fourth-order valence-corrected chi connectivity index (χ4v) is 5.27. The lowest BCUT2D eigenvalue weighted by Gasteiger charge is -2.39. The van der Waals surface area contributed by atoms with Gasteiger partial charge in [0, 0.05) is 40.1 Å². The van der Waals surface area contributed by atoms with Gasteiger partial charge in [-0.05, 0) is 24.4 Å². The van der Waals surface area contributed by atoms with Crippen LogP contribution < -0.4 is 10.1 Å². The molecule has 0 radical (unpaired) electrons. The molecule has 3 unspecified atom stereocenters. The molecule has 29 heavy (non-hydrogen) atoms. The maximum Gasteiger partial charge on any atom is 0.336 e. The van der Waals surface area contributed by atoms with E-state index in [0.29, 0.717) is 12.0 Å². The lowest BCUT2D eigenvalue weighted by atomic mass is 9.70. The molecular formula is C23H23NO4S. The van der Waals surface area contributed by atoms with Gasteiger partial charge < -0.3 is 14.8 Å². The van der Waals surface area contributed by atoms with Crippen LogP contribution in [0.2, 0.25) is 0 Å². The van der Waals surface area contributed by atoms with Crippen molar-refractivity contribution in [3.63, 3.8) is 0 Å². The number of carbonyl (C=O) groups excluding carboxylic acids is 2. The number of fused-ring (bicyclic) bond motifs is 1. The summed E-state index contributed by atoms with van der Waals surface area (Å²) < 4.78 is 10.5. The molecule has 2 aliphatic rings. The van der Waals surface area contributed by atoms with Crippen LogP contribution >= 0.6 is 11.3 Å². The van der Waals surface area contributed by atoms with Crippen molar-refractivity contribution in [2.24, 2.45) is 5.92 Å². The molecule has 2 heterocycles. The summed E-state index contributed by atoms with van der Waals surface area (Å²) in [7, 11) is 3.01. The third-order valence-corrected chi connectivity index (χ3v) is 6.61. The zero-order chi connectivity index (χ0) is 20.5. The van der Waals surface area contributed by atoms with Crippen molar-refractivity contribution in [3.05, 3.63) is 75.3 Å². The standard InChI is InChI=1S/C23H23NO4S/c1-13-20(23(26)28-3)22(19-9-6-10-29-19)21-16(24-13)11-14(12-17(21)25)15-7-4-5-8-18(15)27-2/h4-11,14,21-22,24H,12H2,1-3H3. The minimum atomic E-state index is -0.419. The average Bonchev–Trinajstić information content (AvgIpc) is 3.26. The Morgan fingerprint density at radius 3 is 2.62 bits per heavy atom. The first kappa shape index (κ1) is 19.5. The van der Waals surface area contributed by atoms with Crippen LogP contribution in [-0.2, 0) is 14.3 Å². The van der Waals surface area contributed by atoms with Crippen LogP contribution in [0.4, 0.5) is 0 Å². The molecule has 0 bridgehead atoms. The van der Waals surface area contributed by atoms with Crippen LogP contribution in [0.3, 0.4) is 0 Å². The largest absolute Gasteiger partial charge is 0.496 e. The van der Waals surface area contributed by atoms with E-state index in [0.717, 1.165) is 27.6 Å². The van der Waals surface area contributed by atoms with Crippen molar-refractivity contribution in [1.82, 2.24) is 5.32 Å². The molecule has 0 saturated heterocycles. The average molecular weight is 410 g/mol. The second-order valence-corrected chi connectivity index (χ2v) is 8.25. The lowest BCUT2D eigenvalue weighted by molar-refractivity contribution is -0.136. The Labute approximate surface area is 174 Å². The summed E-state index contributed by atoms with van der Waals surface area (Å²) in [6.07, 6.45) is 2.48.